The molecule has 1 aromatic rings. The maximum atomic E-state index is 13.5. The van der Waals surface area contributed by atoms with Crippen LogP contribution in [0, 0.1) is 12.7 Å². The summed E-state index contributed by atoms with van der Waals surface area (Å²) >= 11 is 0. The minimum absolute atomic E-state index is 0.00242. The van der Waals surface area contributed by atoms with Gasteiger partial charge < -0.3 is 11.5 Å². The molecule has 0 aliphatic heterocycles. The smallest absolute Gasteiger partial charge is 0.165 e. The van der Waals surface area contributed by atoms with Gasteiger partial charge in [0, 0.05) is 16.8 Å². The quantitative estimate of drug-likeness (QED) is 0.477. The molecule has 18 heavy (non-hydrogen) atoms. The monoisotopic (exact) mass is 248 g/mol. The van der Waals surface area contributed by atoms with Gasteiger partial charge in [-0.2, -0.15) is 0 Å². The Morgan fingerprint density at radius 2 is 1.89 bits per heavy atom. The summed E-state index contributed by atoms with van der Waals surface area (Å²) in [6.45, 7) is 1.55. The number of allylic oxidation sites excluding steroid dienone is 3. The molecule has 0 saturated carbocycles. The van der Waals surface area contributed by atoms with Crippen LogP contribution in [0.15, 0.2) is 30.0 Å². The number of hydrogen-bond donors (Lipinski definition) is 2. The SMILES string of the molecule is Cc1c(F)cc(C=O)cc1/C(N)=C/C=C(\N)C=O. The van der Waals surface area contributed by atoms with E-state index >= 15 is 0 Å². The number of nitrogens with two attached hydrogens (primary N) is 2. The molecule has 0 fully saturated rings. The van der Waals surface area contributed by atoms with Crippen molar-refractivity contribution < 1.29 is 14.0 Å². The van der Waals surface area contributed by atoms with Crippen molar-refractivity contribution in [3.05, 3.63) is 52.5 Å². The normalized spacial score (nSPS) is 12.3. The van der Waals surface area contributed by atoms with Crippen molar-refractivity contribution in [3.8, 4) is 0 Å². The molecule has 0 radical (unpaired) electrons. The third-order valence-electron chi connectivity index (χ3n) is 2.41. The first-order chi connectivity index (χ1) is 8.49. The maximum absolute atomic E-state index is 13.5. The van der Waals surface area contributed by atoms with Gasteiger partial charge in [-0.25, -0.2) is 4.39 Å². The Balaban J connectivity index is 3.28. The molecule has 0 aliphatic carbocycles. The van der Waals surface area contributed by atoms with Crippen LogP contribution in [0.3, 0.4) is 0 Å². The highest BCUT2D eigenvalue weighted by atomic mass is 19.1. The van der Waals surface area contributed by atoms with Crippen LogP contribution in [-0.4, -0.2) is 12.6 Å². The molecule has 0 amide bonds. The Morgan fingerprint density at radius 3 is 2.44 bits per heavy atom. The molecule has 4 nitrogen and oxygen atoms in total. The maximum Gasteiger partial charge on any atom is 0.165 e. The Kier molecular flexibility index (Phi) is 4.37. The van der Waals surface area contributed by atoms with E-state index in [2.05, 4.69) is 0 Å². The van der Waals surface area contributed by atoms with Gasteiger partial charge in [0.25, 0.3) is 0 Å². The zero-order valence-electron chi connectivity index (χ0n) is 9.81. The summed E-state index contributed by atoms with van der Waals surface area (Å²) in [4.78, 5) is 21.0. The van der Waals surface area contributed by atoms with E-state index in [-0.39, 0.29) is 17.0 Å². The van der Waals surface area contributed by atoms with Crippen molar-refractivity contribution in [2.45, 2.75) is 6.92 Å². The average Bonchev–Trinajstić information content (AvgIpc) is 2.38. The van der Waals surface area contributed by atoms with Gasteiger partial charge in [-0.05, 0) is 36.8 Å². The van der Waals surface area contributed by atoms with Crippen molar-refractivity contribution in [2.24, 2.45) is 11.5 Å². The molecule has 0 atom stereocenters. The first-order valence-corrected chi connectivity index (χ1v) is 5.13. The zero-order chi connectivity index (χ0) is 13.7. The number of rotatable bonds is 4. The fraction of sp³-hybridized carbons (Fsp3) is 0.0769. The summed E-state index contributed by atoms with van der Waals surface area (Å²) in [6.07, 6.45) is 3.71. The number of carbonyl (C=O) groups is 2. The van der Waals surface area contributed by atoms with E-state index in [9.17, 15) is 14.0 Å². The van der Waals surface area contributed by atoms with Gasteiger partial charge in [0.2, 0.25) is 0 Å². The van der Waals surface area contributed by atoms with Crippen molar-refractivity contribution in [3.63, 3.8) is 0 Å². The number of halogens is 1. The molecule has 0 saturated heterocycles. The lowest BCUT2D eigenvalue weighted by molar-refractivity contribution is -0.104. The van der Waals surface area contributed by atoms with Crippen LogP contribution in [0.2, 0.25) is 0 Å². The number of hydrogen-bond acceptors (Lipinski definition) is 4. The van der Waals surface area contributed by atoms with Crippen LogP contribution in [0.25, 0.3) is 5.70 Å². The van der Waals surface area contributed by atoms with Crippen molar-refractivity contribution in [2.75, 3.05) is 0 Å². The van der Waals surface area contributed by atoms with Gasteiger partial charge in [0.15, 0.2) is 6.29 Å². The second kappa shape index (κ2) is 5.77. The predicted molar refractivity (Wildman–Crippen MR) is 67.0 cm³/mol. The van der Waals surface area contributed by atoms with Gasteiger partial charge in [0.1, 0.15) is 12.1 Å². The minimum atomic E-state index is -0.515. The second-order valence-electron chi connectivity index (χ2n) is 3.70. The Labute approximate surface area is 104 Å². The van der Waals surface area contributed by atoms with Crippen LogP contribution >= 0.6 is 0 Å². The van der Waals surface area contributed by atoms with E-state index in [1.807, 2.05) is 0 Å². The van der Waals surface area contributed by atoms with Crippen molar-refractivity contribution >= 4 is 18.3 Å². The van der Waals surface area contributed by atoms with Gasteiger partial charge >= 0.3 is 0 Å². The summed E-state index contributed by atoms with van der Waals surface area (Å²) in [5.41, 5.74) is 12.2. The zero-order valence-corrected chi connectivity index (χ0v) is 9.81. The van der Waals surface area contributed by atoms with Crippen LogP contribution < -0.4 is 11.5 Å². The Morgan fingerprint density at radius 1 is 1.22 bits per heavy atom. The molecule has 5 heteroatoms. The third kappa shape index (κ3) is 3.04. The molecule has 0 aromatic heterocycles. The molecule has 1 rings (SSSR count). The van der Waals surface area contributed by atoms with Gasteiger partial charge in [0.05, 0.1) is 5.70 Å². The standard InChI is InChI=1S/C13H13FN2O2/c1-8-11(4-9(6-17)5-12(8)14)13(16)3-2-10(15)7-18/h2-7H,15-16H2,1H3/b10-2-,13-3-. The number of carbonyl (C=O) groups excluding carboxylic acids is 2. The van der Waals surface area contributed by atoms with E-state index in [0.29, 0.717) is 23.7 Å². The first kappa shape index (κ1) is 13.6. The van der Waals surface area contributed by atoms with Crippen LogP contribution in [0.5, 0.6) is 0 Å². The van der Waals surface area contributed by atoms with E-state index < -0.39 is 5.82 Å². The van der Waals surface area contributed by atoms with Gasteiger partial charge in [-0.1, -0.05) is 0 Å². The van der Waals surface area contributed by atoms with E-state index in [1.165, 1.54) is 18.2 Å². The lowest BCUT2D eigenvalue weighted by atomic mass is 10.0. The molecule has 4 N–H and O–H groups in total. The topological polar surface area (TPSA) is 86.2 Å². The fourth-order valence-corrected chi connectivity index (χ4v) is 1.38. The van der Waals surface area contributed by atoms with Crippen molar-refractivity contribution in [1.82, 2.24) is 0 Å². The first-order valence-electron chi connectivity index (χ1n) is 5.13. The summed E-state index contributed by atoms with van der Waals surface area (Å²) in [6, 6.07) is 2.61. The number of benzene rings is 1. The predicted octanol–water partition coefficient (Wildman–Crippen LogP) is 1.29. The molecule has 0 aliphatic rings. The third-order valence-corrected chi connectivity index (χ3v) is 2.41. The number of aldehydes is 2. The van der Waals surface area contributed by atoms with Crippen LogP contribution in [0.1, 0.15) is 21.5 Å². The fourth-order valence-electron chi connectivity index (χ4n) is 1.38. The lowest BCUT2D eigenvalue weighted by Gasteiger charge is -2.07. The summed E-state index contributed by atoms with van der Waals surface area (Å²) in [5, 5.41) is 0. The second-order valence-corrected chi connectivity index (χ2v) is 3.70. The van der Waals surface area contributed by atoms with Crippen LogP contribution in [0.4, 0.5) is 4.39 Å². The molecule has 0 bridgehead atoms. The summed E-state index contributed by atoms with van der Waals surface area (Å²) < 4.78 is 13.5. The molecule has 1 aromatic carbocycles. The largest absolute Gasteiger partial charge is 0.398 e. The Hall–Kier alpha value is -2.43. The average molecular weight is 248 g/mol. The molecule has 0 spiro atoms. The van der Waals surface area contributed by atoms with Gasteiger partial charge in [-0.15, -0.1) is 0 Å². The molecule has 0 heterocycles. The Bertz CT molecular complexity index is 548. The van der Waals surface area contributed by atoms with Crippen LogP contribution in [-0.2, 0) is 4.79 Å². The molecule has 94 valence electrons. The molecular formula is C13H13FN2O2. The highest BCUT2D eigenvalue weighted by Gasteiger charge is 2.08. The highest BCUT2D eigenvalue weighted by molar-refractivity contribution is 5.80. The molecular weight excluding hydrogens is 235 g/mol. The molecule has 0 unspecified atom stereocenters. The summed E-state index contributed by atoms with van der Waals surface area (Å²) in [5.74, 6) is -0.515. The van der Waals surface area contributed by atoms with Crippen molar-refractivity contribution in [1.29, 1.82) is 0 Å². The van der Waals surface area contributed by atoms with E-state index in [0.717, 1.165) is 6.07 Å². The lowest BCUT2D eigenvalue weighted by Crippen LogP contribution is -2.03. The highest BCUT2D eigenvalue weighted by Crippen LogP contribution is 2.19. The van der Waals surface area contributed by atoms with E-state index in [1.54, 1.807) is 6.92 Å². The van der Waals surface area contributed by atoms with E-state index in [4.69, 9.17) is 11.5 Å². The summed E-state index contributed by atoms with van der Waals surface area (Å²) in [7, 11) is 0. The van der Waals surface area contributed by atoms with Gasteiger partial charge in [-0.3, -0.25) is 9.59 Å². The minimum Gasteiger partial charge on any atom is -0.398 e.